The van der Waals surface area contributed by atoms with E-state index >= 15 is 0 Å². The largest absolute Gasteiger partial charge is 0.338 e. The van der Waals surface area contributed by atoms with Crippen LogP contribution in [0.25, 0.3) is 0 Å². The first-order valence-corrected chi connectivity index (χ1v) is 9.05. The van der Waals surface area contributed by atoms with Gasteiger partial charge >= 0.3 is 6.03 Å². The van der Waals surface area contributed by atoms with E-state index in [0.29, 0.717) is 5.92 Å². The number of hydrogen-bond donors (Lipinski definition) is 2. The van der Waals surface area contributed by atoms with Gasteiger partial charge in [0.25, 0.3) is 0 Å². The minimum absolute atomic E-state index is 0.100. The van der Waals surface area contributed by atoms with Crippen LogP contribution in [0.15, 0.2) is 60.7 Å². The number of hydrogen-bond acceptors (Lipinski definition) is 2. The number of nitrogens with one attached hydrogen (secondary N) is 2. The fourth-order valence-electron chi connectivity index (χ4n) is 3.34. The van der Waals surface area contributed by atoms with E-state index in [9.17, 15) is 4.79 Å². The van der Waals surface area contributed by atoms with E-state index in [2.05, 4.69) is 46.8 Å². The summed E-state index contributed by atoms with van der Waals surface area (Å²) in [5.74, 6) is 0.578. The third kappa shape index (κ3) is 5.07. The molecule has 0 radical (unpaired) electrons. The molecule has 2 aromatic carbocycles. The summed E-state index contributed by atoms with van der Waals surface area (Å²) in [5, 5.41) is 6.21. The van der Waals surface area contributed by atoms with E-state index in [-0.39, 0.29) is 12.1 Å². The van der Waals surface area contributed by atoms with E-state index in [1.54, 1.807) is 0 Å². The molecule has 2 amide bonds. The van der Waals surface area contributed by atoms with E-state index < -0.39 is 0 Å². The number of carbonyl (C=O) groups excluding carboxylic acids is 1. The quantitative estimate of drug-likeness (QED) is 0.878. The third-order valence-electron chi connectivity index (χ3n) is 4.93. The van der Waals surface area contributed by atoms with Crippen molar-refractivity contribution in [1.29, 1.82) is 0 Å². The molecule has 0 spiro atoms. The Kier molecular flexibility index (Phi) is 6.07. The minimum atomic E-state index is -0.139. The molecule has 3 rings (SSSR count). The summed E-state index contributed by atoms with van der Waals surface area (Å²) in [5.41, 5.74) is 2.17. The molecular formula is C21H27N3O. The molecular weight excluding hydrogens is 310 g/mol. The first kappa shape index (κ1) is 17.5. The molecule has 1 aliphatic rings. The topological polar surface area (TPSA) is 44.4 Å². The van der Waals surface area contributed by atoms with Crippen LogP contribution < -0.4 is 10.6 Å². The first-order chi connectivity index (χ1) is 12.2. The summed E-state index contributed by atoms with van der Waals surface area (Å²) < 4.78 is 0. The summed E-state index contributed by atoms with van der Waals surface area (Å²) in [6.07, 6.45) is 2.30. The lowest BCUT2D eigenvalue weighted by Crippen LogP contribution is -2.42. The zero-order valence-corrected chi connectivity index (χ0v) is 14.8. The van der Waals surface area contributed by atoms with Gasteiger partial charge in [-0.1, -0.05) is 60.7 Å². The Balaban J connectivity index is 1.61. The van der Waals surface area contributed by atoms with Crippen molar-refractivity contribution in [2.24, 2.45) is 5.92 Å². The Bertz CT molecular complexity index is 612. The highest BCUT2D eigenvalue weighted by molar-refractivity contribution is 5.75. The molecule has 2 N–H and O–H groups in total. The molecule has 2 aromatic rings. The number of likely N-dealkylation sites (tertiary alicyclic amines) is 1. The van der Waals surface area contributed by atoms with Gasteiger partial charge in [-0.15, -0.1) is 0 Å². The van der Waals surface area contributed by atoms with E-state index in [1.165, 1.54) is 0 Å². The van der Waals surface area contributed by atoms with Gasteiger partial charge in [-0.3, -0.25) is 0 Å². The van der Waals surface area contributed by atoms with Gasteiger partial charge in [-0.25, -0.2) is 4.79 Å². The average Bonchev–Trinajstić information content (AvgIpc) is 2.67. The summed E-state index contributed by atoms with van der Waals surface area (Å²) in [4.78, 5) is 14.8. The van der Waals surface area contributed by atoms with Gasteiger partial charge in [0, 0.05) is 6.54 Å². The van der Waals surface area contributed by atoms with Crippen molar-refractivity contribution in [2.75, 3.05) is 26.7 Å². The molecule has 1 aliphatic heterocycles. The third-order valence-corrected chi connectivity index (χ3v) is 4.93. The molecule has 25 heavy (non-hydrogen) atoms. The highest BCUT2D eigenvalue weighted by atomic mass is 16.2. The maximum absolute atomic E-state index is 12.5. The molecule has 4 nitrogen and oxygen atoms in total. The predicted octanol–water partition coefficient (Wildman–Crippen LogP) is 3.42. The van der Waals surface area contributed by atoms with Crippen molar-refractivity contribution in [3.05, 3.63) is 71.8 Å². The van der Waals surface area contributed by atoms with Crippen LogP contribution in [0.3, 0.4) is 0 Å². The lowest BCUT2D eigenvalue weighted by atomic mass is 9.97. The fraction of sp³-hybridized carbons (Fsp3) is 0.381. The number of benzene rings is 2. The van der Waals surface area contributed by atoms with E-state index in [1.807, 2.05) is 36.4 Å². The molecule has 132 valence electrons. The van der Waals surface area contributed by atoms with Gasteiger partial charge < -0.3 is 15.5 Å². The molecule has 0 atom stereocenters. The number of urea groups is 1. The predicted molar refractivity (Wildman–Crippen MR) is 101 cm³/mol. The lowest BCUT2D eigenvalue weighted by Gasteiger charge is -2.29. The van der Waals surface area contributed by atoms with Gasteiger partial charge in [0.05, 0.1) is 6.04 Å². The van der Waals surface area contributed by atoms with Crippen molar-refractivity contribution in [3.63, 3.8) is 0 Å². The Morgan fingerprint density at radius 1 is 1.00 bits per heavy atom. The van der Waals surface area contributed by atoms with E-state index in [4.69, 9.17) is 0 Å². The molecule has 0 aliphatic carbocycles. The number of rotatable bonds is 5. The highest BCUT2D eigenvalue weighted by Crippen LogP contribution is 2.21. The Labute approximate surface area is 150 Å². The summed E-state index contributed by atoms with van der Waals surface area (Å²) in [6, 6.07) is 20.0. The second-order valence-electron chi connectivity index (χ2n) is 6.86. The molecule has 1 saturated heterocycles. The van der Waals surface area contributed by atoms with Crippen LogP contribution in [0.5, 0.6) is 0 Å². The zero-order valence-electron chi connectivity index (χ0n) is 14.8. The van der Waals surface area contributed by atoms with Crippen LogP contribution in [0.1, 0.15) is 30.0 Å². The SMILES string of the molecule is CN1CCC(CNC(=O)NC(c2ccccc2)c2ccccc2)CC1. The maximum Gasteiger partial charge on any atom is 0.315 e. The molecule has 1 heterocycles. The van der Waals surface area contributed by atoms with Crippen LogP contribution in [-0.4, -0.2) is 37.6 Å². The molecule has 1 fully saturated rings. The highest BCUT2D eigenvalue weighted by Gasteiger charge is 2.19. The van der Waals surface area contributed by atoms with Gasteiger partial charge in [-0.2, -0.15) is 0 Å². The number of amides is 2. The van der Waals surface area contributed by atoms with Crippen molar-refractivity contribution in [1.82, 2.24) is 15.5 Å². The van der Waals surface area contributed by atoms with Gasteiger partial charge in [-0.05, 0) is 50.0 Å². The fourth-order valence-corrected chi connectivity index (χ4v) is 3.34. The minimum Gasteiger partial charge on any atom is -0.338 e. The van der Waals surface area contributed by atoms with Gasteiger partial charge in [0.15, 0.2) is 0 Å². The van der Waals surface area contributed by atoms with E-state index in [0.717, 1.165) is 43.6 Å². The Morgan fingerprint density at radius 3 is 2.04 bits per heavy atom. The zero-order chi connectivity index (χ0) is 17.5. The smallest absolute Gasteiger partial charge is 0.315 e. The van der Waals surface area contributed by atoms with Crippen LogP contribution in [0.2, 0.25) is 0 Å². The van der Waals surface area contributed by atoms with Crippen LogP contribution >= 0.6 is 0 Å². The standard InChI is InChI=1S/C21H27N3O/c1-24-14-12-17(13-15-24)16-22-21(25)23-20(18-8-4-2-5-9-18)19-10-6-3-7-11-19/h2-11,17,20H,12-16H2,1H3,(H2,22,23,25). The first-order valence-electron chi connectivity index (χ1n) is 9.05. The van der Waals surface area contributed by atoms with Crippen LogP contribution in [0.4, 0.5) is 4.79 Å². The Morgan fingerprint density at radius 2 is 1.52 bits per heavy atom. The second kappa shape index (κ2) is 8.67. The molecule has 0 unspecified atom stereocenters. The number of piperidine rings is 1. The molecule has 0 bridgehead atoms. The second-order valence-corrected chi connectivity index (χ2v) is 6.86. The van der Waals surface area contributed by atoms with Crippen LogP contribution in [0, 0.1) is 5.92 Å². The number of nitrogens with zero attached hydrogens (tertiary/aromatic N) is 1. The summed E-state index contributed by atoms with van der Waals surface area (Å²) >= 11 is 0. The number of carbonyl (C=O) groups is 1. The van der Waals surface area contributed by atoms with Crippen molar-refractivity contribution in [3.8, 4) is 0 Å². The van der Waals surface area contributed by atoms with Crippen LogP contribution in [-0.2, 0) is 0 Å². The maximum atomic E-state index is 12.5. The molecule has 0 saturated carbocycles. The lowest BCUT2D eigenvalue weighted by molar-refractivity contribution is 0.209. The van der Waals surface area contributed by atoms with Gasteiger partial charge in [0.1, 0.15) is 0 Å². The normalized spacial score (nSPS) is 15.9. The summed E-state index contributed by atoms with van der Waals surface area (Å²) in [7, 11) is 2.15. The van der Waals surface area contributed by atoms with Gasteiger partial charge in [0.2, 0.25) is 0 Å². The average molecular weight is 337 g/mol. The van der Waals surface area contributed by atoms with Crippen molar-refractivity contribution >= 4 is 6.03 Å². The summed E-state index contributed by atoms with van der Waals surface area (Å²) in [6.45, 7) is 2.98. The Hall–Kier alpha value is -2.33. The molecule has 4 heteroatoms. The van der Waals surface area contributed by atoms with Crippen molar-refractivity contribution in [2.45, 2.75) is 18.9 Å². The van der Waals surface area contributed by atoms with Crippen molar-refractivity contribution < 1.29 is 4.79 Å². The molecule has 0 aromatic heterocycles. The monoisotopic (exact) mass is 337 g/mol.